The number of fused-ring (bicyclic) bond motifs is 7. The monoisotopic (exact) mass is 512 g/mol. The van der Waals surface area contributed by atoms with Gasteiger partial charge in [-0.2, -0.15) is 0 Å². The van der Waals surface area contributed by atoms with Gasteiger partial charge in [-0.25, -0.2) is 0 Å². The molecule has 1 aliphatic rings. The van der Waals surface area contributed by atoms with E-state index in [0.717, 1.165) is 32.7 Å². The number of rotatable bonds is 4. The summed E-state index contributed by atoms with van der Waals surface area (Å²) in [5.74, 6) is 0.608. The Labute approximate surface area is 192 Å². The Morgan fingerprint density at radius 2 is 1.38 bits per heavy atom. The predicted octanol–water partition coefficient (Wildman–Crippen LogP) is 6.62. The van der Waals surface area contributed by atoms with Crippen LogP contribution in [0.25, 0.3) is 32.7 Å². The molecule has 0 bridgehead atoms. The summed E-state index contributed by atoms with van der Waals surface area (Å²) in [4.78, 5) is 11.7. The first-order chi connectivity index (χ1) is 15.5. The van der Waals surface area contributed by atoms with Gasteiger partial charge in [-0.15, -0.1) is 0 Å². The van der Waals surface area contributed by atoms with E-state index >= 15 is 0 Å². The van der Waals surface area contributed by atoms with Crippen LogP contribution < -0.4 is 9.05 Å². The Hall–Kier alpha value is -2.78. The van der Waals surface area contributed by atoms with E-state index in [-0.39, 0.29) is 6.61 Å². The van der Waals surface area contributed by atoms with Crippen molar-refractivity contribution in [1.82, 2.24) is 0 Å². The molecule has 4 aromatic carbocycles. The summed E-state index contributed by atoms with van der Waals surface area (Å²) in [6.07, 6.45) is -3.65. The van der Waals surface area contributed by atoms with E-state index in [9.17, 15) is 9.36 Å². The van der Waals surface area contributed by atoms with Gasteiger partial charge in [0.05, 0.1) is 0 Å². The molecular weight excluding hydrogens is 490 g/mol. The van der Waals surface area contributed by atoms with Crippen molar-refractivity contribution in [2.45, 2.75) is 18.7 Å². The van der Waals surface area contributed by atoms with Gasteiger partial charge in [-0.05, 0) is 0 Å². The molecule has 162 valence electrons. The van der Waals surface area contributed by atoms with Crippen LogP contribution in [0.3, 0.4) is 0 Å². The first-order valence-corrected chi connectivity index (χ1v) is 15.1. The summed E-state index contributed by atoms with van der Waals surface area (Å²) in [5, 5.41) is 4.09. The van der Waals surface area contributed by atoms with Crippen LogP contribution in [0.4, 0.5) is 0 Å². The van der Waals surface area contributed by atoms with Crippen molar-refractivity contribution < 1.29 is 23.1 Å². The van der Waals surface area contributed by atoms with Gasteiger partial charge in [0, 0.05) is 0 Å². The Balaban J connectivity index is 1.75. The van der Waals surface area contributed by atoms with E-state index in [1.165, 1.54) is 0 Å². The van der Waals surface area contributed by atoms with Crippen LogP contribution in [0, 0.1) is 0 Å². The van der Waals surface area contributed by atoms with Crippen LogP contribution >= 0.6 is 6.29 Å². The topological polar surface area (TPSA) is 61.8 Å². The molecule has 5 rings (SSSR count). The van der Waals surface area contributed by atoms with Gasteiger partial charge in [0.2, 0.25) is 0 Å². The van der Waals surface area contributed by atoms with Crippen molar-refractivity contribution in [1.29, 1.82) is 0 Å². The van der Waals surface area contributed by atoms with Crippen LogP contribution in [0.2, 0.25) is 4.82 Å². The minimum atomic E-state index is -3.65. The molecule has 0 radical (unpaired) electrons. The molecule has 0 spiro atoms. The van der Waals surface area contributed by atoms with Gasteiger partial charge in [-0.1, -0.05) is 0 Å². The van der Waals surface area contributed by atoms with Crippen molar-refractivity contribution in [3.8, 4) is 22.6 Å². The molecule has 7 heteroatoms. The Morgan fingerprint density at radius 1 is 0.875 bits per heavy atom. The quantitative estimate of drug-likeness (QED) is 0.175. The minimum absolute atomic E-state index is 0.273. The number of ether oxygens (including phenoxy) is 1. The fourth-order valence-electron chi connectivity index (χ4n) is 3.97. The van der Waals surface area contributed by atoms with Crippen molar-refractivity contribution in [3.05, 3.63) is 72.8 Å². The fourth-order valence-corrected chi connectivity index (χ4v) is 10.0. The number of esters is 1. The second-order valence-corrected chi connectivity index (χ2v) is 14.5. The van der Waals surface area contributed by atoms with E-state index in [4.69, 9.17) is 13.8 Å². The molecule has 5 nitrogen and oxygen atoms in total. The van der Waals surface area contributed by atoms with Crippen molar-refractivity contribution in [2.75, 3.05) is 6.61 Å². The third-order valence-electron chi connectivity index (χ3n) is 5.36. The molecular formula is C25H21O5PSe. The average Bonchev–Trinajstić information content (AvgIpc) is 2.92. The molecule has 0 aromatic heterocycles. The van der Waals surface area contributed by atoms with E-state index < -0.39 is 31.6 Å². The summed E-state index contributed by atoms with van der Waals surface area (Å²) in [6, 6.07) is 23.7. The fraction of sp³-hybridized carbons (Fsp3) is 0.160. The molecule has 1 heterocycles. The van der Waals surface area contributed by atoms with Crippen LogP contribution in [-0.2, 0) is 14.1 Å². The van der Waals surface area contributed by atoms with Gasteiger partial charge in [0.1, 0.15) is 0 Å². The van der Waals surface area contributed by atoms with Crippen molar-refractivity contribution in [2.24, 2.45) is 0 Å². The molecule has 4 aromatic rings. The number of benzene rings is 4. The number of carbonyl (C=O) groups is 1. The number of hydrogen-bond acceptors (Lipinski definition) is 5. The Bertz CT molecular complexity index is 1310. The van der Waals surface area contributed by atoms with Gasteiger partial charge < -0.3 is 0 Å². The third kappa shape index (κ3) is 3.69. The summed E-state index contributed by atoms with van der Waals surface area (Å²) in [6.45, 7) is 3.73. The summed E-state index contributed by atoms with van der Waals surface area (Å²) >= 11 is -0.782. The maximum atomic E-state index is 13.9. The molecule has 1 unspecified atom stereocenters. The van der Waals surface area contributed by atoms with Crippen molar-refractivity contribution in [3.63, 3.8) is 0 Å². The van der Waals surface area contributed by atoms with Gasteiger partial charge in [-0.3, -0.25) is 0 Å². The molecule has 0 saturated heterocycles. The van der Waals surface area contributed by atoms with Crippen LogP contribution in [-0.4, -0.2) is 27.1 Å². The van der Waals surface area contributed by atoms with E-state index in [0.29, 0.717) is 11.5 Å². The van der Waals surface area contributed by atoms with Gasteiger partial charge in [0.15, 0.2) is 0 Å². The molecule has 1 aliphatic heterocycles. The normalized spacial score (nSPS) is 15.1. The SMILES string of the molecule is CCOC(=O)C(C)[Se]P1(=O)Oc2ccc3ccccc3c2-c2c(ccc3ccccc23)O1. The zero-order valence-corrected chi connectivity index (χ0v) is 20.2. The second kappa shape index (κ2) is 8.29. The van der Waals surface area contributed by atoms with Crippen molar-refractivity contribution >= 4 is 48.3 Å². The first-order valence-electron chi connectivity index (χ1n) is 10.4. The van der Waals surface area contributed by atoms with E-state index in [1.807, 2.05) is 72.8 Å². The molecule has 1 atom stereocenters. The molecule has 0 fully saturated rings. The summed E-state index contributed by atoms with van der Waals surface area (Å²) in [7, 11) is 0. The van der Waals surface area contributed by atoms with Gasteiger partial charge in [0.25, 0.3) is 0 Å². The zero-order chi connectivity index (χ0) is 22.3. The number of hydrogen-bond donors (Lipinski definition) is 0. The maximum absolute atomic E-state index is 13.9. The third-order valence-corrected chi connectivity index (χ3v) is 11.7. The zero-order valence-electron chi connectivity index (χ0n) is 17.6. The molecule has 0 amide bonds. The van der Waals surface area contributed by atoms with Crippen LogP contribution in [0.5, 0.6) is 11.5 Å². The molecule has 0 aliphatic carbocycles. The Morgan fingerprint density at radius 3 is 1.88 bits per heavy atom. The first kappa shape index (κ1) is 21.1. The Kier molecular flexibility index (Phi) is 5.46. The van der Waals surface area contributed by atoms with Gasteiger partial charge >= 0.3 is 192 Å². The summed E-state index contributed by atoms with van der Waals surface area (Å²) in [5.41, 5.74) is 1.71. The van der Waals surface area contributed by atoms with E-state index in [1.54, 1.807) is 13.8 Å². The van der Waals surface area contributed by atoms with Crippen LogP contribution in [0.1, 0.15) is 13.8 Å². The molecule has 32 heavy (non-hydrogen) atoms. The van der Waals surface area contributed by atoms with E-state index in [2.05, 4.69) is 0 Å². The standard InChI is InChI=1S/C25H21O5PSe/c1-3-28-25(26)16(2)32-31(27)29-21-14-12-17-8-4-6-10-19(17)23(21)24-20-11-7-5-9-18(20)13-15-22(24)30-31/h4-16H,3H2,1-2H3. The predicted molar refractivity (Wildman–Crippen MR) is 128 cm³/mol. The second-order valence-electron chi connectivity index (χ2n) is 7.45. The molecule has 0 N–H and O–H groups in total. The van der Waals surface area contributed by atoms with Crippen LogP contribution in [0.15, 0.2) is 72.8 Å². The summed E-state index contributed by atoms with van der Waals surface area (Å²) < 4.78 is 31.3. The average molecular weight is 511 g/mol. The molecule has 0 saturated carbocycles. The number of carbonyl (C=O) groups excluding carboxylic acids is 1.